The summed E-state index contributed by atoms with van der Waals surface area (Å²) >= 11 is 0. The van der Waals surface area contributed by atoms with Crippen LogP contribution in [0.1, 0.15) is 10.4 Å². The first-order valence-electron chi connectivity index (χ1n) is 5.74. The Hall–Kier alpha value is -1.89. The second-order valence-electron chi connectivity index (χ2n) is 4.19. The Morgan fingerprint density at radius 1 is 1.35 bits per heavy atom. The lowest BCUT2D eigenvalue weighted by molar-refractivity contribution is -0.0884. The maximum absolute atomic E-state index is 13.8. The molecule has 2 aromatic rings. The van der Waals surface area contributed by atoms with Crippen molar-refractivity contribution in [2.45, 2.75) is 12.7 Å². The van der Waals surface area contributed by atoms with Gasteiger partial charge in [0.2, 0.25) is 0 Å². The number of Topliss-reactive ketones (excluding diaryl/α,β-unsaturated/α-hetero) is 1. The number of carbonyl (C=O) groups is 1. The Labute approximate surface area is 111 Å². The predicted octanol–water partition coefficient (Wildman–Crippen LogP) is 3.17. The molecule has 7 heteroatoms. The number of alkyl halides is 3. The average molecular weight is 289 g/mol. The molecule has 0 spiro atoms. The standard InChI is InChI=1S/C13H11F4NO2/c1-20-6-5-18-7-9(12(19)13(15,16)17)8-3-2-4-10(14)11(8)18/h2-4,7H,5-6H2,1H3. The maximum Gasteiger partial charge on any atom is 0.454 e. The number of fused-ring (bicyclic) bond motifs is 1. The lowest BCUT2D eigenvalue weighted by Gasteiger charge is -2.04. The third-order valence-electron chi connectivity index (χ3n) is 2.89. The van der Waals surface area contributed by atoms with Gasteiger partial charge in [0, 0.05) is 25.2 Å². The number of benzene rings is 1. The Bertz CT molecular complexity index is 646. The molecule has 0 unspecified atom stereocenters. The molecule has 0 bridgehead atoms. The van der Waals surface area contributed by atoms with Gasteiger partial charge in [-0.25, -0.2) is 4.39 Å². The first-order valence-corrected chi connectivity index (χ1v) is 5.74. The monoisotopic (exact) mass is 289 g/mol. The van der Waals surface area contributed by atoms with Crippen molar-refractivity contribution in [1.29, 1.82) is 0 Å². The second kappa shape index (κ2) is 5.24. The zero-order valence-corrected chi connectivity index (χ0v) is 10.5. The molecule has 0 aliphatic carbocycles. The normalized spacial score (nSPS) is 12.1. The van der Waals surface area contributed by atoms with Crippen molar-refractivity contribution in [3.8, 4) is 0 Å². The largest absolute Gasteiger partial charge is 0.454 e. The summed E-state index contributed by atoms with van der Waals surface area (Å²) in [5.74, 6) is -2.66. The van der Waals surface area contributed by atoms with Crippen LogP contribution < -0.4 is 0 Å². The summed E-state index contributed by atoms with van der Waals surface area (Å²) in [6.07, 6.45) is -3.98. The fourth-order valence-corrected chi connectivity index (χ4v) is 2.01. The van der Waals surface area contributed by atoms with E-state index in [1.54, 1.807) is 0 Å². The first kappa shape index (κ1) is 14.5. The van der Waals surface area contributed by atoms with Gasteiger partial charge in [-0.1, -0.05) is 12.1 Å². The van der Waals surface area contributed by atoms with Crippen molar-refractivity contribution in [2.75, 3.05) is 13.7 Å². The van der Waals surface area contributed by atoms with E-state index >= 15 is 0 Å². The van der Waals surface area contributed by atoms with Gasteiger partial charge < -0.3 is 9.30 Å². The quantitative estimate of drug-likeness (QED) is 0.639. The Kier molecular flexibility index (Phi) is 3.80. The summed E-state index contributed by atoms with van der Waals surface area (Å²) in [7, 11) is 1.42. The Morgan fingerprint density at radius 2 is 2.05 bits per heavy atom. The van der Waals surface area contributed by atoms with Crippen LogP contribution in [0.15, 0.2) is 24.4 Å². The van der Waals surface area contributed by atoms with Crippen molar-refractivity contribution in [3.05, 3.63) is 35.8 Å². The number of carbonyl (C=O) groups excluding carboxylic acids is 1. The van der Waals surface area contributed by atoms with E-state index in [2.05, 4.69) is 0 Å². The number of ketones is 1. The summed E-state index contributed by atoms with van der Waals surface area (Å²) in [6, 6.07) is 3.69. The van der Waals surface area contributed by atoms with Gasteiger partial charge in [0.15, 0.2) is 0 Å². The lowest BCUT2D eigenvalue weighted by atomic mass is 10.1. The van der Waals surface area contributed by atoms with E-state index in [0.29, 0.717) is 0 Å². The Balaban J connectivity index is 2.62. The molecule has 0 saturated heterocycles. The first-order chi connectivity index (χ1) is 9.36. The van der Waals surface area contributed by atoms with Gasteiger partial charge in [0.25, 0.3) is 5.78 Å². The zero-order valence-electron chi connectivity index (χ0n) is 10.5. The van der Waals surface area contributed by atoms with E-state index in [4.69, 9.17) is 4.74 Å². The summed E-state index contributed by atoms with van der Waals surface area (Å²) in [6.45, 7) is 0.344. The predicted molar refractivity (Wildman–Crippen MR) is 64.2 cm³/mol. The zero-order chi connectivity index (χ0) is 14.9. The van der Waals surface area contributed by atoms with Gasteiger partial charge in [-0.05, 0) is 6.07 Å². The van der Waals surface area contributed by atoms with Gasteiger partial charge in [-0.15, -0.1) is 0 Å². The smallest absolute Gasteiger partial charge is 0.383 e. The van der Waals surface area contributed by atoms with Crippen LogP contribution in [-0.4, -0.2) is 30.2 Å². The molecule has 0 fully saturated rings. The number of methoxy groups -OCH3 is 1. The number of aromatic nitrogens is 1. The molecule has 0 amide bonds. The molecule has 1 aromatic heterocycles. The number of hydrogen-bond acceptors (Lipinski definition) is 2. The molecule has 0 aliphatic rings. The number of nitrogens with zero attached hydrogens (tertiary/aromatic N) is 1. The van der Waals surface area contributed by atoms with Crippen LogP contribution in [0.2, 0.25) is 0 Å². The molecule has 0 atom stereocenters. The van der Waals surface area contributed by atoms with Crippen molar-refractivity contribution in [1.82, 2.24) is 4.57 Å². The van der Waals surface area contributed by atoms with E-state index < -0.39 is 23.3 Å². The molecule has 1 aromatic carbocycles. The minimum absolute atomic E-state index is 0.0304. The molecule has 0 radical (unpaired) electrons. The van der Waals surface area contributed by atoms with Crippen molar-refractivity contribution < 1.29 is 27.1 Å². The van der Waals surface area contributed by atoms with E-state index in [-0.39, 0.29) is 24.1 Å². The summed E-state index contributed by atoms with van der Waals surface area (Å²) in [4.78, 5) is 11.4. The van der Waals surface area contributed by atoms with Gasteiger partial charge in [-0.3, -0.25) is 4.79 Å². The van der Waals surface area contributed by atoms with Gasteiger partial charge in [-0.2, -0.15) is 13.2 Å². The number of rotatable bonds is 4. The third-order valence-corrected chi connectivity index (χ3v) is 2.89. The Morgan fingerprint density at radius 3 is 2.65 bits per heavy atom. The SMILES string of the molecule is COCCn1cc(C(=O)C(F)(F)F)c2cccc(F)c21. The van der Waals surface area contributed by atoms with E-state index in [1.165, 1.54) is 23.8 Å². The number of para-hydroxylation sites is 1. The molecule has 2 rings (SSSR count). The van der Waals surface area contributed by atoms with E-state index in [1.807, 2.05) is 0 Å². The van der Waals surface area contributed by atoms with Crippen molar-refractivity contribution in [2.24, 2.45) is 0 Å². The fraction of sp³-hybridized carbons (Fsp3) is 0.308. The molecule has 20 heavy (non-hydrogen) atoms. The highest BCUT2D eigenvalue weighted by Gasteiger charge is 2.41. The summed E-state index contributed by atoms with van der Waals surface area (Å²) in [5.41, 5.74) is -0.583. The highest BCUT2D eigenvalue weighted by atomic mass is 19.4. The molecule has 3 nitrogen and oxygen atoms in total. The van der Waals surface area contributed by atoms with Gasteiger partial charge in [0.1, 0.15) is 5.82 Å². The second-order valence-corrected chi connectivity index (χ2v) is 4.19. The highest BCUT2D eigenvalue weighted by molar-refractivity contribution is 6.10. The van der Waals surface area contributed by atoms with Crippen LogP contribution in [0.5, 0.6) is 0 Å². The maximum atomic E-state index is 13.8. The third kappa shape index (κ3) is 2.53. The topological polar surface area (TPSA) is 31.2 Å². The summed E-state index contributed by atoms with van der Waals surface area (Å²) < 4.78 is 57.5. The minimum Gasteiger partial charge on any atom is -0.383 e. The molecule has 0 N–H and O–H groups in total. The fourth-order valence-electron chi connectivity index (χ4n) is 2.01. The van der Waals surface area contributed by atoms with Crippen LogP contribution >= 0.6 is 0 Å². The molecular formula is C13H11F4NO2. The number of hydrogen-bond donors (Lipinski definition) is 0. The molecule has 1 heterocycles. The molecule has 0 aliphatic heterocycles. The van der Waals surface area contributed by atoms with E-state index in [0.717, 1.165) is 12.3 Å². The molecule has 0 saturated carbocycles. The average Bonchev–Trinajstić information content (AvgIpc) is 2.74. The summed E-state index contributed by atoms with van der Waals surface area (Å²) in [5, 5.41) is -0.0524. The molecule has 108 valence electrons. The number of halogens is 4. The van der Waals surface area contributed by atoms with Gasteiger partial charge >= 0.3 is 6.18 Å². The number of ether oxygens (including phenoxy) is 1. The van der Waals surface area contributed by atoms with Gasteiger partial charge in [0.05, 0.1) is 17.7 Å². The molecular weight excluding hydrogens is 278 g/mol. The van der Waals surface area contributed by atoms with E-state index in [9.17, 15) is 22.4 Å². The highest BCUT2D eigenvalue weighted by Crippen LogP contribution is 2.29. The van der Waals surface area contributed by atoms with Crippen molar-refractivity contribution in [3.63, 3.8) is 0 Å². The van der Waals surface area contributed by atoms with Crippen LogP contribution in [0, 0.1) is 5.82 Å². The lowest BCUT2D eigenvalue weighted by Crippen LogP contribution is -2.22. The van der Waals surface area contributed by atoms with Crippen LogP contribution in [-0.2, 0) is 11.3 Å². The van der Waals surface area contributed by atoms with Crippen LogP contribution in [0.25, 0.3) is 10.9 Å². The van der Waals surface area contributed by atoms with Crippen LogP contribution in [0.3, 0.4) is 0 Å². The van der Waals surface area contributed by atoms with Crippen LogP contribution in [0.4, 0.5) is 17.6 Å². The minimum atomic E-state index is -4.99. The van der Waals surface area contributed by atoms with Crippen molar-refractivity contribution >= 4 is 16.7 Å².